The number of hydrogen-bond donors (Lipinski definition) is 0. The monoisotopic (exact) mass is 288 g/mol. The summed E-state index contributed by atoms with van der Waals surface area (Å²) in [4.78, 5) is 26.1. The number of carbonyl (C=O) groups excluding carboxylic acids is 1. The van der Waals surface area contributed by atoms with Crippen molar-refractivity contribution in [1.29, 1.82) is 0 Å². The Morgan fingerprint density at radius 1 is 1.19 bits per heavy atom. The highest BCUT2D eigenvalue weighted by Gasteiger charge is 2.33. The van der Waals surface area contributed by atoms with Crippen LogP contribution in [0.3, 0.4) is 0 Å². The summed E-state index contributed by atoms with van der Waals surface area (Å²) in [6.45, 7) is 4.01. The normalized spacial score (nSPS) is 13.9. The lowest BCUT2D eigenvalue weighted by Crippen LogP contribution is -2.35. The predicted octanol–water partition coefficient (Wildman–Crippen LogP) is 1.62. The fraction of sp³-hybridized carbons (Fsp3) is 0.357. The second-order valence-electron chi connectivity index (χ2n) is 5.14. The highest BCUT2D eigenvalue weighted by atomic mass is 16.5. The number of carbonyl (C=O) groups is 1. The van der Waals surface area contributed by atoms with Gasteiger partial charge in [-0.2, -0.15) is 9.67 Å². The molecule has 0 saturated carbocycles. The number of amides is 1. The number of aromatic nitrogens is 3. The smallest absolute Gasteiger partial charge is 0.354 e. The van der Waals surface area contributed by atoms with Crippen molar-refractivity contribution in [1.82, 2.24) is 14.3 Å². The average molecular weight is 288 g/mol. The third-order valence-electron chi connectivity index (χ3n) is 3.46. The molecule has 2 aromatic rings. The van der Waals surface area contributed by atoms with E-state index in [-0.39, 0.29) is 17.8 Å². The van der Waals surface area contributed by atoms with Crippen molar-refractivity contribution < 1.29 is 9.53 Å². The molecule has 0 atom stereocenters. The van der Waals surface area contributed by atoms with Gasteiger partial charge in [0.05, 0.1) is 19.7 Å². The molecule has 7 nitrogen and oxygen atoms in total. The molecule has 2 heterocycles. The van der Waals surface area contributed by atoms with Crippen LogP contribution < -0.4 is 15.3 Å². The first-order valence-corrected chi connectivity index (χ1v) is 6.69. The van der Waals surface area contributed by atoms with E-state index in [2.05, 4.69) is 5.10 Å². The Balaban J connectivity index is 1.95. The second kappa shape index (κ2) is 4.76. The number of anilines is 1. The number of rotatable bonds is 3. The molecule has 0 N–H and O–H groups in total. The molecule has 21 heavy (non-hydrogen) atoms. The van der Waals surface area contributed by atoms with Crippen molar-refractivity contribution in [3.05, 3.63) is 40.6 Å². The number of ether oxygens (including phenoxy) is 1. The zero-order chi connectivity index (χ0) is 15.1. The lowest BCUT2D eigenvalue weighted by Gasteiger charge is -2.15. The van der Waals surface area contributed by atoms with Crippen molar-refractivity contribution in [2.75, 3.05) is 12.0 Å². The Labute approximate surface area is 121 Å². The van der Waals surface area contributed by atoms with Crippen LogP contribution in [0.4, 0.5) is 10.5 Å². The van der Waals surface area contributed by atoms with E-state index in [9.17, 15) is 9.59 Å². The van der Waals surface area contributed by atoms with Gasteiger partial charge in [-0.25, -0.2) is 14.3 Å². The van der Waals surface area contributed by atoms with E-state index in [0.717, 1.165) is 4.57 Å². The Morgan fingerprint density at radius 2 is 1.86 bits per heavy atom. The first-order chi connectivity index (χ1) is 10.0. The minimum Gasteiger partial charge on any atom is -0.497 e. The Morgan fingerprint density at radius 3 is 2.38 bits per heavy atom. The van der Waals surface area contributed by atoms with Gasteiger partial charge in [0.15, 0.2) is 5.82 Å². The molecule has 1 aromatic heterocycles. The Bertz CT molecular complexity index is 743. The molecule has 1 aromatic carbocycles. The van der Waals surface area contributed by atoms with Crippen molar-refractivity contribution in [3.63, 3.8) is 0 Å². The topological polar surface area (TPSA) is 69.4 Å². The molecule has 0 spiro atoms. The summed E-state index contributed by atoms with van der Waals surface area (Å²) >= 11 is 0. The van der Waals surface area contributed by atoms with Gasteiger partial charge in [0.2, 0.25) is 0 Å². The summed E-state index contributed by atoms with van der Waals surface area (Å²) in [6, 6.07) is 6.67. The lowest BCUT2D eigenvalue weighted by atomic mass is 10.3. The van der Waals surface area contributed by atoms with Gasteiger partial charge in [0.25, 0.3) is 0 Å². The molecule has 0 bridgehead atoms. The van der Waals surface area contributed by atoms with Crippen molar-refractivity contribution in [2.45, 2.75) is 26.4 Å². The average Bonchev–Trinajstić information content (AvgIpc) is 2.97. The number of benzene rings is 1. The Hall–Kier alpha value is -2.57. The quantitative estimate of drug-likeness (QED) is 0.860. The summed E-state index contributed by atoms with van der Waals surface area (Å²) in [6.07, 6.45) is 0. The van der Waals surface area contributed by atoms with Gasteiger partial charge in [-0.05, 0) is 38.1 Å². The van der Waals surface area contributed by atoms with Gasteiger partial charge in [0.1, 0.15) is 5.75 Å². The largest absolute Gasteiger partial charge is 0.497 e. The van der Waals surface area contributed by atoms with Crippen LogP contribution in [0.1, 0.15) is 25.7 Å². The maximum Gasteiger partial charge on any atom is 0.354 e. The number of fused-ring (bicyclic) bond motifs is 1. The molecule has 1 aliphatic rings. The van der Waals surface area contributed by atoms with Crippen LogP contribution in [0, 0.1) is 0 Å². The third kappa shape index (κ3) is 2.01. The Kier molecular flexibility index (Phi) is 3.04. The van der Waals surface area contributed by atoms with Crippen molar-refractivity contribution in [2.24, 2.45) is 0 Å². The van der Waals surface area contributed by atoms with Crippen LogP contribution in [0.15, 0.2) is 29.1 Å². The molecule has 1 aliphatic heterocycles. The van der Waals surface area contributed by atoms with Gasteiger partial charge in [-0.1, -0.05) is 0 Å². The fourth-order valence-electron chi connectivity index (χ4n) is 2.35. The van der Waals surface area contributed by atoms with Gasteiger partial charge in [0, 0.05) is 5.69 Å². The van der Waals surface area contributed by atoms with Crippen LogP contribution in [0.5, 0.6) is 5.75 Å². The van der Waals surface area contributed by atoms with Crippen LogP contribution >= 0.6 is 0 Å². The minimum atomic E-state index is -0.388. The molecule has 0 radical (unpaired) electrons. The van der Waals surface area contributed by atoms with Gasteiger partial charge >= 0.3 is 11.7 Å². The van der Waals surface area contributed by atoms with Gasteiger partial charge in [-0.15, -0.1) is 0 Å². The van der Waals surface area contributed by atoms with Gasteiger partial charge in [-0.3, -0.25) is 4.90 Å². The first kappa shape index (κ1) is 13.4. The maximum atomic E-state index is 12.4. The molecule has 110 valence electrons. The van der Waals surface area contributed by atoms with Crippen LogP contribution in [-0.2, 0) is 6.54 Å². The third-order valence-corrected chi connectivity index (χ3v) is 3.46. The lowest BCUT2D eigenvalue weighted by molar-refractivity contribution is 0.249. The van der Waals surface area contributed by atoms with E-state index in [1.54, 1.807) is 31.4 Å². The summed E-state index contributed by atoms with van der Waals surface area (Å²) in [5.74, 6) is 1.18. The van der Waals surface area contributed by atoms with Crippen LogP contribution in [0.2, 0.25) is 0 Å². The summed E-state index contributed by atoms with van der Waals surface area (Å²) in [7, 11) is 1.58. The van der Waals surface area contributed by atoms with Crippen LogP contribution in [0.25, 0.3) is 0 Å². The molecule has 3 rings (SSSR count). The summed E-state index contributed by atoms with van der Waals surface area (Å²) < 4.78 is 7.55. The highest BCUT2D eigenvalue weighted by molar-refractivity contribution is 5.96. The van der Waals surface area contributed by atoms with Crippen molar-refractivity contribution >= 4 is 11.7 Å². The predicted molar refractivity (Wildman–Crippen MR) is 76.8 cm³/mol. The van der Waals surface area contributed by atoms with E-state index in [4.69, 9.17) is 4.74 Å². The van der Waals surface area contributed by atoms with E-state index in [1.165, 1.54) is 9.58 Å². The van der Waals surface area contributed by atoms with E-state index < -0.39 is 0 Å². The minimum absolute atomic E-state index is 0.0714. The highest BCUT2D eigenvalue weighted by Crippen LogP contribution is 2.24. The maximum absolute atomic E-state index is 12.4. The molecule has 7 heteroatoms. The standard InChI is InChI=1S/C14H16N4O3/c1-9(2)18-14(20)17-12(15-18)8-16(13(17)19)10-4-6-11(21-3)7-5-10/h4-7,9H,8H2,1-3H3. The van der Waals surface area contributed by atoms with Crippen LogP contribution in [-0.4, -0.2) is 27.5 Å². The molecular formula is C14H16N4O3. The number of methoxy groups -OCH3 is 1. The summed E-state index contributed by atoms with van der Waals surface area (Å²) in [5, 5.41) is 4.23. The van der Waals surface area contributed by atoms with Crippen molar-refractivity contribution in [3.8, 4) is 5.75 Å². The fourth-order valence-corrected chi connectivity index (χ4v) is 2.35. The first-order valence-electron chi connectivity index (χ1n) is 6.69. The van der Waals surface area contributed by atoms with Gasteiger partial charge < -0.3 is 4.74 Å². The molecule has 0 fully saturated rings. The van der Waals surface area contributed by atoms with E-state index >= 15 is 0 Å². The summed E-state index contributed by atoms with van der Waals surface area (Å²) in [5.41, 5.74) is 0.322. The zero-order valence-electron chi connectivity index (χ0n) is 12.1. The molecule has 0 unspecified atom stereocenters. The molecular weight excluding hydrogens is 272 g/mol. The van der Waals surface area contributed by atoms with E-state index in [1.807, 2.05) is 13.8 Å². The SMILES string of the molecule is COc1ccc(N2Cc3nn(C(C)C)c(=O)n3C2=O)cc1. The zero-order valence-corrected chi connectivity index (χ0v) is 12.1. The van der Waals surface area contributed by atoms with E-state index in [0.29, 0.717) is 23.8 Å². The second-order valence-corrected chi connectivity index (χ2v) is 5.14. The molecule has 1 amide bonds. The molecule has 0 saturated heterocycles. The number of hydrogen-bond acceptors (Lipinski definition) is 4. The molecule has 0 aliphatic carbocycles. The number of nitrogens with zero attached hydrogens (tertiary/aromatic N) is 4.